The first kappa shape index (κ1) is 16.6. The average Bonchev–Trinajstić information content (AvgIpc) is 2.53. The molecule has 0 unspecified atom stereocenters. The Labute approximate surface area is 150 Å². The monoisotopic (exact) mass is 302 g/mol. The number of aromatic carboxylic acids is 1. The predicted octanol–water partition coefficient (Wildman–Crippen LogP) is 3.47. The van der Waals surface area contributed by atoms with Crippen molar-refractivity contribution < 1.29 is 14.6 Å². The van der Waals surface area contributed by atoms with Gasteiger partial charge in [0.05, 0.1) is 5.56 Å². The van der Waals surface area contributed by atoms with Crippen LogP contribution in [0.3, 0.4) is 0 Å². The number of ether oxygens (including phenoxy) is 1. The zero-order chi connectivity index (χ0) is 14.7. The fourth-order valence-corrected chi connectivity index (χ4v) is 2.27. The van der Waals surface area contributed by atoms with Crippen molar-refractivity contribution in [1.82, 2.24) is 0 Å². The Hall–Kier alpha value is -1.81. The van der Waals surface area contributed by atoms with E-state index in [9.17, 15) is 4.79 Å². The number of hydrogen-bond acceptors (Lipinski definition) is 2. The zero-order valence-corrected chi connectivity index (χ0v) is 11.3. The van der Waals surface area contributed by atoms with Gasteiger partial charge < -0.3 is 9.84 Å². The molecule has 0 spiro atoms. The Morgan fingerprint density at radius 3 is 2.32 bits per heavy atom. The van der Waals surface area contributed by atoms with Crippen molar-refractivity contribution in [2.45, 2.75) is 6.61 Å². The Bertz CT molecular complexity index is 776. The first-order chi connectivity index (χ1) is 10.2. The molecule has 0 saturated heterocycles. The Kier molecular flexibility index (Phi) is 5.61. The van der Waals surface area contributed by atoms with Crippen LogP contribution in [0.25, 0.3) is 10.8 Å². The molecule has 0 heterocycles. The van der Waals surface area contributed by atoms with Gasteiger partial charge in [-0.3, -0.25) is 0 Å². The van der Waals surface area contributed by atoms with E-state index in [0.29, 0.717) is 12.4 Å². The van der Waals surface area contributed by atoms with E-state index < -0.39 is 5.97 Å². The zero-order valence-electron chi connectivity index (χ0n) is 11.3. The van der Waals surface area contributed by atoms with Gasteiger partial charge in [-0.1, -0.05) is 42.5 Å². The van der Waals surface area contributed by atoms with Crippen LogP contribution in [0.15, 0.2) is 66.7 Å². The first-order valence-electron chi connectivity index (χ1n) is 6.67. The summed E-state index contributed by atoms with van der Waals surface area (Å²) in [6, 6.07) is 20.7. The van der Waals surface area contributed by atoms with Crippen LogP contribution in [-0.2, 0) is 6.61 Å². The van der Waals surface area contributed by atoms with Crippen LogP contribution in [0.2, 0.25) is 0 Å². The van der Waals surface area contributed by atoms with E-state index in [-0.39, 0.29) is 35.1 Å². The van der Waals surface area contributed by atoms with Crippen molar-refractivity contribution in [3.8, 4) is 5.75 Å². The van der Waals surface area contributed by atoms with Gasteiger partial charge in [0.25, 0.3) is 0 Å². The van der Waals surface area contributed by atoms with E-state index in [4.69, 9.17) is 9.84 Å². The molecule has 0 fully saturated rings. The van der Waals surface area contributed by atoms with Crippen LogP contribution in [0.4, 0.5) is 0 Å². The number of fused-ring (bicyclic) bond motifs is 1. The van der Waals surface area contributed by atoms with Gasteiger partial charge in [0.2, 0.25) is 0 Å². The molecule has 0 aliphatic heterocycles. The van der Waals surface area contributed by atoms with Gasteiger partial charge in [0, 0.05) is 0 Å². The molecular formula is C18H15NaO3. The number of hydrogen-bond donors (Lipinski definition) is 1. The van der Waals surface area contributed by atoms with Gasteiger partial charge in [-0.25, -0.2) is 4.79 Å². The summed E-state index contributed by atoms with van der Waals surface area (Å²) >= 11 is 0. The first-order valence-corrected chi connectivity index (χ1v) is 6.67. The molecule has 0 radical (unpaired) electrons. The number of benzene rings is 3. The van der Waals surface area contributed by atoms with E-state index in [1.54, 1.807) is 24.3 Å². The summed E-state index contributed by atoms with van der Waals surface area (Å²) in [6.07, 6.45) is 0. The molecule has 0 aliphatic carbocycles. The molecule has 0 aromatic heterocycles. The quantitative estimate of drug-likeness (QED) is 0.751. The number of carboxylic acid groups (broad SMARTS) is 1. The summed E-state index contributed by atoms with van der Waals surface area (Å²) in [6.45, 7) is 0.452. The van der Waals surface area contributed by atoms with Crippen LogP contribution in [0.1, 0.15) is 15.9 Å². The van der Waals surface area contributed by atoms with Crippen LogP contribution in [0.5, 0.6) is 5.75 Å². The molecule has 0 amide bonds. The molecule has 22 heavy (non-hydrogen) atoms. The van der Waals surface area contributed by atoms with Crippen molar-refractivity contribution in [2.75, 3.05) is 0 Å². The van der Waals surface area contributed by atoms with Crippen molar-refractivity contribution in [2.24, 2.45) is 0 Å². The van der Waals surface area contributed by atoms with Gasteiger partial charge in [-0.15, -0.1) is 0 Å². The summed E-state index contributed by atoms with van der Waals surface area (Å²) in [7, 11) is 0. The molecule has 106 valence electrons. The van der Waals surface area contributed by atoms with Crippen LogP contribution in [0, 0.1) is 0 Å². The van der Waals surface area contributed by atoms with Crippen LogP contribution >= 0.6 is 0 Å². The van der Waals surface area contributed by atoms with Crippen LogP contribution in [-0.4, -0.2) is 40.6 Å². The summed E-state index contributed by atoms with van der Waals surface area (Å²) < 4.78 is 5.74. The summed E-state index contributed by atoms with van der Waals surface area (Å²) in [5.74, 6) is -0.275. The maximum absolute atomic E-state index is 10.8. The summed E-state index contributed by atoms with van der Waals surface area (Å²) in [5, 5.41) is 11.2. The van der Waals surface area contributed by atoms with E-state index in [2.05, 4.69) is 18.2 Å². The van der Waals surface area contributed by atoms with Crippen molar-refractivity contribution in [3.63, 3.8) is 0 Å². The van der Waals surface area contributed by atoms with Crippen molar-refractivity contribution >= 4 is 46.3 Å². The number of carbonyl (C=O) groups is 1. The number of carboxylic acids is 1. The standard InChI is InChI=1S/C18H14O3.Na.H/c19-18(20)14-8-10-16(11-9-14)21-12-15-6-3-5-13-4-1-2-7-17(13)15;;/h1-11H,12H2,(H,19,20);;. The number of rotatable bonds is 4. The third kappa shape index (κ3) is 3.69. The second-order valence-corrected chi connectivity index (χ2v) is 4.76. The Balaban J connectivity index is 0.00000176. The van der Waals surface area contributed by atoms with Gasteiger partial charge >= 0.3 is 35.5 Å². The Morgan fingerprint density at radius 2 is 1.59 bits per heavy atom. The average molecular weight is 302 g/mol. The SMILES string of the molecule is O=C(O)c1ccc(OCc2cccc3ccccc23)cc1.[NaH]. The molecule has 3 aromatic carbocycles. The topological polar surface area (TPSA) is 46.5 Å². The van der Waals surface area contributed by atoms with Crippen molar-refractivity contribution in [3.05, 3.63) is 77.9 Å². The van der Waals surface area contributed by atoms with E-state index >= 15 is 0 Å². The van der Waals surface area contributed by atoms with Crippen molar-refractivity contribution in [1.29, 1.82) is 0 Å². The molecule has 0 saturated carbocycles. The second kappa shape index (κ2) is 7.45. The summed E-state index contributed by atoms with van der Waals surface area (Å²) in [5.41, 5.74) is 1.36. The molecule has 3 rings (SSSR count). The van der Waals surface area contributed by atoms with Gasteiger partial charge in [0.15, 0.2) is 0 Å². The van der Waals surface area contributed by atoms with E-state index in [1.807, 2.05) is 24.3 Å². The Morgan fingerprint density at radius 1 is 0.909 bits per heavy atom. The normalized spacial score (nSPS) is 10.0. The summed E-state index contributed by atoms with van der Waals surface area (Å²) in [4.78, 5) is 10.8. The third-order valence-electron chi connectivity index (χ3n) is 3.38. The van der Waals surface area contributed by atoms with Crippen LogP contribution < -0.4 is 4.74 Å². The molecular weight excluding hydrogens is 287 g/mol. The molecule has 1 N–H and O–H groups in total. The molecule has 0 bridgehead atoms. The molecule has 3 nitrogen and oxygen atoms in total. The fourth-order valence-electron chi connectivity index (χ4n) is 2.27. The van der Waals surface area contributed by atoms with Gasteiger partial charge in [-0.2, -0.15) is 0 Å². The van der Waals surface area contributed by atoms with Gasteiger partial charge in [0.1, 0.15) is 12.4 Å². The molecule has 0 aliphatic rings. The van der Waals surface area contributed by atoms with E-state index in [1.165, 1.54) is 10.8 Å². The maximum atomic E-state index is 10.8. The molecule has 0 atom stereocenters. The predicted molar refractivity (Wildman–Crippen MR) is 88.8 cm³/mol. The minimum absolute atomic E-state index is 0. The molecule has 3 aromatic rings. The van der Waals surface area contributed by atoms with Gasteiger partial charge in [-0.05, 0) is 40.6 Å². The molecule has 4 heteroatoms. The minimum atomic E-state index is -0.935. The van der Waals surface area contributed by atoms with E-state index in [0.717, 1.165) is 5.56 Å². The third-order valence-corrected chi connectivity index (χ3v) is 3.38. The second-order valence-electron chi connectivity index (χ2n) is 4.76. The fraction of sp³-hybridized carbons (Fsp3) is 0.0556.